The standard InChI is InChI=1S/C18H25BrN2O5S/c1-12(2)16(18(23)26-3)20-17(22)13-5-4-10-21(11-13)27(24,25)15-8-6-14(19)7-9-15/h6-9,12-13,16H,4-5,10-11H2,1-3H3,(H,20,22)/t13?,16-/m0/s1. The number of hydrogen-bond donors (Lipinski definition) is 1. The van der Waals surface area contributed by atoms with Crippen LogP contribution in [0.3, 0.4) is 0 Å². The normalized spacial score (nSPS) is 19.5. The minimum Gasteiger partial charge on any atom is -0.467 e. The predicted octanol–water partition coefficient (Wildman–Crippen LogP) is 2.16. The van der Waals surface area contributed by atoms with Crippen molar-refractivity contribution in [3.05, 3.63) is 28.7 Å². The second-order valence-electron chi connectivity index (χ2n) is 6.91. The van der Waals surface area contributed by atoms with Crippen LogP contribution >= 0.6 is 15.9 Å². The predicted molar refractivity (Wildman–Crippen MR) is 104 cm³/mol. The summed E-state index contributed by atoms with van der Waals surface area (Å²) in [7, 11) is -2.40. The number of amides is 1. The molecule has 1 heterocycles. The van der Waals surface area contributed by atoms with Gasteiger partial charge in [0.15, 0.2) is 0 Å². The fraction of sp³-hybridized carbons (Fsp3) is 0.556. The third-order valence-corrected chi connectivity index (χ3v) is 7.03. The fourth-order valence-electron chi connectivity index (χ4n) is 3.03. The van der Waals surface area contributed by atoms with Crippen molar-refractivity contribution < 1.29 is 22.7 Å². The number of rotatable bonds is 6. The number of halogens is 1. The Bertz CT molecular complexity index is 779. The summed E-state index contributed by atoms with van der Waals surface area (Å²) < 4.78 is 32.6. The number of hydrogen-bond acceptors (Lipinski definition) is 5. The van der Waals surface area contributed by atoms with Gasteiger partial charge in [0.25, 0.3) is 0 Å². The highest BCUT2D eigenvalue weighted by molar-refractivity contribution is 9.10. The van der Waals surface area contributed by atoms with Gasteiger partial charge >= 0.3 is 5.97 Å². The summed E-state index contributed by atoms with van der Waals surface area (Å²) >= 11 is 3.29. The molecule has 1 amide bonds. The van der Waals surface area contributed by atoms with Crippen LogP contribution in [0.2, 0.25) is 0 Å². The number of ether oxygens (including phenoxy) is 1. The minimum atomic E-state index is -3.67. The number of nitrogens with one attached hydrogen (secondary N) is 1. The van der Waals surface area contributed by atoms with Crippen LogP contribution in [0.25, 0.3) is 0 Å². The van der Waals surface area contributed by atoms with Crippen LogP contribution in [0.5, 0.6) is 0 Å². The van der Waals surface area contributed by atoms with Crippen molar-refractivity contribution in [1.29, 1.82) is 0 Å². The largest absolute Gasteiger partial charge is 0.467 e. The van der Waals surface area contributed by atoms with E-state index < -0.39 is 28.0 Å². The molecule has 1 aromatic rings. The number of esters is 1. The second-order valence-corrected chi connectivity index (χ2v) is 9.76. The Morgan fingerprint density at radius 1 is 1.26 bits per heavy atom. The SMILES string of the molecule is COC(=O)[C@@H](NC(=O)C1CCCN(S(=O)(=O)c2ccc(Br)cc2)C1)C(C)C. The first-order valence-electron chi connectivity index (χ1n) is 8.80. The molecule has 0 saturated carbocycles. The monoisotopic (exact) mass is 460 g/mol. The summed E-state index contributed by atoms with van der Waals surface area (Å²) in [6.07, 6.45) is 1.16. The van der Waals surface area contributed by atoms with Gasteiger partial charge in [0.1, 0.15) is 6.04 Å². The van der Waals surface area contributed by atoms with Gasteiger partial charge in [0.2, 0.25) is 15.9 Å². The molecule has 0 aliphatic carbocycles. The number of methoxy groups -OCH3 is 1. The molecular weight excluding hydrogens is 436 g/mol. The maximum atomic E-state index is 12.9. The van der Waals surface area contributed by atoms with Gasteiger partial charge in [0.05, 0.1) is 17.9 Å². The molecule has 7 nitrogen and oxygen atoms in total. The molecule has 2 rings (SSSR count). The molecule has 1 N–H and O–H groups in total. The summed E-state index contributed by atoms with van der Waals surface area (Å²) in [6, 6.07) is 5.67. The Labute approximate surface area is 168 Å². The van der Waals surface area contributed by atoms with Crippen LogP contribution in [0.15, 0.2) is 33.6 Å². The third-order valence-electron chi connectivity index (χ3n) is 4.63. The number of nitrogens with zero attached hydrogens (tertiary/aromatic N) is 1. The first-order valence-corrected chi connectivity index (χ1v) is 11.0. The number of sulfonamides is 1. The van der Waals surface area contributed by atoms with Gasteiger partial charge in [-0.2, -0.15) is 4.31 Å². The van der Waals surface area contributed by atoms with Crippen molar-refractivity contribution in [2.24, 2.45) is 11.8 Å². The highest BCUT2D eigenvalue weighted by Gasteiger charge is 2.35. The van der Waals surface area contributed by atoms with Crippen molar-refractivity contribution in [2.45, 2.75) is 37.6 Å². The lowest BCUT2D eigenvalue weighted by molar-refractivity contribution is -0.147. The molecule has 0 radical (unpaired) electrons. The van der Waals surface area contributed by atoms with Gasteiger partial charge in [-0.1, -0.05) is 29.8 Å². The number of benzene rings is 1. The van der Waals surface area contributed by atoms with E-state index in [1.54, 1.807) is 12.1 Å². The lowest BCUT2D eigenvalue weighted by Gasteiger charge is -2.32. The van der Waals surface area contributed by atoms with Crippen LogP contribution in [-0.2, 0) is 24.3 Å². The topological polar surface area (TPSA) is 92.8 Å². The summed E-state index contributed by atoms with van der Waals surface area (Å²) in [5.41, 5.74) is 0. The zero-order chi connectivity index (χ0) is 20.2. The zero-order valence-corrected chi connectivity index (χ0v) is 18.0. The number of carbonyl (C=O) groups excluding carboxylic acids is 2. The van der Waals surface area contributed by atoms with Crippen molar-refractivity contribution in [3.63, 3.8) is 0 Å². The Balaban J connectivity index is 2.11. The van der Waals surface area contributed by atoms with Gasteiger partial charge in [-0.15, -0.1) is 0 Å². The minimum absolute atomic E-state index is 0.0935. The molecule has 1 aromatic carbocycles. The molecule has 0 aromatic heterocycles. The molecule has 0 bridgehead atoms. The highest BCUT2D eigenvalue weighted by atomic mass is 79.9. The molecule has 1 unspecified atom stereocenters. The Hall–Kier alpha value is -1.45. The van der Waals surface area contributed by atoms with Crippen molar-refractivity contribution in [3.8, 4) is 0 Å². The van der Waals surface area contributed by atoms with Gasteiger partial charge in [-0.05, 0) is 43.0 Å². The lowest BCUT2D eigenvalue weighted by Crippen LogP contribution is -2.51. The molecule has 1 aliphatic rings. The molecular formula is C18H25BrN2O5S. The smallest absolute Gasteiger partial charge is 0.328 e. The molecule has 1 saturated heterocycles. The molecule has 1 aliphatic heterocycles. The second kappa shape index (κ2) is 9.16. The first-order chi connectivity index (χ1) is 12.7. The van der Waals surface area contributed by atoms with E-state index in [4.69, 9.17) is 4.74 Å². The summed E-state index contributed by atoms with van der Waals surface area (Å²) in [6.45, 7) is 4.09. The first kappa shape index (κ1) is 21.8. The summed E-state index contributed by atoms with van der Waals surface area (Å²) in [5, 5.41) is 2.71. The number of carbonyl (C=O) groups is 2. The van der Waals surface area contributed by atoms with Gasteiger partial charge in [0, 0.05) is 17.6 Å². The zero-order valence-electron chi connectivity index (χ0n) is 15.6. The van der Waals surface area contributed by atoms with Crippen molar-refractivity contribution in [1.82, 2.24) is 9.62 Å². The molecule has 9 heteroatoms. The van der Waals surface area contributed by atoms with E-state index in [1.807, 2.05) is 13.8 Å². The maximum Gasteiger partial charge on any atom is 0.328 e. The maximum absolute atomic E-state index is 12.9. The van der Waals surface area contributed by atoms with E-state index >= 15 is 0 Å². The van der Waals surface area contributed by atoms with E-state index in [0.717, 1.165) is 4.47 Å². The molecule has 2 atom stereocenters. The summed E-state index contributed by atoms with van der Waals surface area (Å²) in [5.74, 6) is -1.47. The quantitative estimate of drug-likeness (QED) is 0.656. The number of piperidine rings is 1. The Morgan fingerprint density at radius 2 is 1.89 bits per heavy atom. The van der Waals surface area contributed by atoms with Gasteiger partial charge < -0.3 is 10.1 Å². The van der Waals surface area contributed by atoms with E-state index in [0.29, 0.717) is 19.4 Å². The van der Waals surface area contributed by atoms with Crippen molar-refractivity contribution >= 4 is 37.8 Å². The van der Waals surface area contributed by atoms with E-state index in [-0.39, 0.29) is 23.3 Å². The van der Waals surface area contributed by atoms with Crippen LogP contribution in [-0.4, -0.2) is 50.8 Å². The van der Waals surface area contributed by atoms with Crippen LogP contribution in [0.4, 0.5) is 0 Å². The highest BCUT2D eigenvalue weighted by Crippen LogP contribution is 2.25. The van der Waals surface area contributed by atoms with Crippen molar-refractivity contribution in [2.75, 3.05) is 20.2 Å². The average molecular weight is 461 g/mol. The van der Waals surface area contributed by atoms with Gasteiger partial charge in [-0.25, -0.2) is 13.2 Å². The van der Waals surface area contributed by atoms with E-state index in [2.05, 4.69) is 21.2 Å². The van der Waals surface area contributed by atoms with Crippen LogP contribution in [0, 0.1) is 11.8 Å². The molecule has 0 spiro atoms. The lowest BCUT2D eigenvalue weighted by atomic mass is 9.97. The molecule has 1 fully saturated rings. The van der Waals surface area contributed by atoms with Crippen LogP contribution in [0.1, 0.15) is 26.7 Å². The van der Waals surface area contributed by atoms with Gasteiger partial charge in [-0.3, -0.25) is 4.79 Å². The van der Waals surface area contributed by atoms with E-state index in [9.17, 15) is 18.0 Å². The Kier molecular flexibility index (Phi) is 7.41. The average Bonchev–Trinajstić information content (AvgIpc) is 2.65. The summed E-state index contributed by atoms with van der Waals surface area (Å²) in [4.78, 5) is 24.7. The third kappa shape index (κ3) is 5.30. The molecule has 27 heavy (non-hydrogen) atoms. The fourth-order valence-corrected chi connectivity index (χ4v) is 4.81. The van der Waals surface area contributed by atoms with Crippen LogP contribution < -0.4 is 5.32 Å². The van der Waals surface area contributed by atoms with E-state index in [1.165, 1.54) is 23.5 Å². The molecule has 150 valence electrons. The Morgan fingerprint density at radius 3 is 2.44 bits per heavy atom.